The van der Waals surface area contributed by atoms with Crippen LogP contribution in [0.3, 0.4) is 0 Å². The van der Waals surface area contributed by atoms with Crippen LogP contribution in [0.2, 0.25) is 0 Å². The van der Waals surface area contributed by atoms with E-state index < -0.39 is 86.2 Å². The van der Waals surface area contributed by atoms with E-state index in [1.165, 1.54) is 0 Å². The molecule has 1 aromatic carbocycles. The summed E-state index contributed by atoms with van der Waals surface area (Å²) in [6, 6.07) is 8.90. The second-order valence-corrected chi connectivity index (χ2v) is 8.55. The lowest BCUT2D eigenvalue weighted by Gasteiger charge is -2.22. The van der Waals surface area contributed by atoms with Crippen LogP contribution in [0.25, 0.3) is 0 Å². The number of nitrogens with two attached hydrogens (primary N) is 1. The Labute approximate surface area is 229 Å². The number of aliphatic hydroxyl groups excluding tert-OH is 2. The first-order chi connectivity index (χ1) is 19.0. The molecule has 0 bridgehead atoms. The molecule has 16 nitrogen and oxygen atoms in total. The van der Waals surface area contributed by atoms with Crippen LogP contribution < -0.4 is 21.7 Å². The van der Waals surface area contributed by atoms with Gasteiger partial charge in [-0.2, -0.15) is 0 Å². The third kappa shape index (κ3) is 10.2. The number of methoxy groups -OCH3 is 1. The molecule has 1 aliphatic heterocycles. The highest BCUT2D eigenvalue weighted by atomic mass is 16.6. The van der Waals surface area contributed by atoms with Crippen LogP contribution in [-0.2, 0) is 44.8 Å². The molecule has 1 fully saturated rings. The van der Waals surface area contributed by atoms with Crippen LogP contribution in [-0.4, -0.2) is 115 Å². The van der Waals surface area contributed by atoms with Crippen LogP contribution in [0, 0.1) is 0 Å². The number of nitrogens with zero attached hydrogens (tertiary/aromatic N) is 1. The summed E-state index contributed by atoms with van der Waals surface area (Å²) in [5.74, 6) is -4.24. The molecular formula is C24H33N5O11. The van der Waals surface area contributed by atoms with Gasteiger partial charge < -0.3 is 46.1 Å². The smallest absolute Gasteiger partial charge is 0.407 e. The highest BCUT2D eigenvalue weighted by Gasteiger charge is 2.44. The van der Waals surface area contributed by atoms with Gasteiger partial charge in [-0.15, -0.1) is 0 Å². The zero-order valence-electron chi connectivity index (χ0n) is 21.7. The maximum Gasteiger partial charge on any atom is 0.407 e. The molecule has 220 valence electrons. The fourth-order valence-electron chi connectivity index (χ4n) is 3.50. The molecule has 0 radical (unpaired) electrons. The fourth-order valence-corrected chi connectivity index (χ4v) is 3.50. The highest BCUT2D eigenvalue weighted by Crippen LogP contribution is 2.24. The SMILES string of the molecule is COC(=O)CN(C(=O)CNC(=O)CNC(=O)CN)C(=O)C[C@@H]1O[C@H](CNC(=O)OCc2ccccc2)[C@@H](O)[C@H]1O. The lowest BCUT2D eigenvalue weighted by atomic mass is 10.0. The van der Waals surface area contributed by atoms with E-state index in [-0.39, 0.29) is 19.7 Å². The standard InChI is InChI=1S/C24H33N5O11/c1-38-21(34)12-29(20(33)11-27-18(31)10-26-17(30)8-25)19(32)7-15-22(35)23(36)16(40-15)9-28-24(37)39-13-14-5-3-2-4-6-14/h2-6,15-16,22-23,35-36H,7-13,25H2,1H3,(H,26,30)(H,27,31)(H,28,37)/t15-,16+,22-,23+/m0/s1. The number of alkyl carbamates (subject to hydrolysis) is 1. The van der Waals surface area contributed by atoms with E-state index in [0.717, 1.165) is 12.7 Å². The molecule has 1 aliphatic rings. The second-order valence-electron chi connectivity index (χ2n) is 8.55. The van der Waals surface area contributed by atoms with Gasteiger partial charge in [-0.05, 0) is 5.56 Å². The van der Waals surface area contributed by atoms with Crippen molar-refractivity contribution in [1.82, 2.24) is 20.9 Å². The molecule has 0 saturated carbocycles. The molecule has 40 heavy (non-hydrogen) atoms. The minimum absolute atomic E-state index is 0.00729. The molecule has 16 heteroatoms. The monoisotopic (exact) mass is 567 g/mol. The number of carbonyl (C=O) groups excluding carboxylic acids is 6. The van der Waals surface area contributed by atoms with E-state index in [2.05, 4.69) is 20.7 Å². The average Bonchev–Trinajstić information content (AvgIpc) is 3.22. The predicted octanol–water partition coefficient (Wildman–Crippen LogP) is -3.49. The molecule has 0 aromatic heterocycles. The number of esters is 1. The third-order valence-electron chi connectivity index (χ3n) is 5.68. The van der Waals surface area contributed by atoms with Crippen molar-refractivity contribution in [2.45, 2.75) is 37.4 Å². The number of aliphatic hydroxyl groups is 2. The third-order valence-corrected chi connectivity index (χ3v) is 5.68. The molecule has 1 aromatic rings. The number of carbonyl (C=O) groups is 6. The van der Waals surface area contributed by atoms with Gasteiger partial charge in [0.25, 0.3) is 0 Å². The summed E-state index contributed by atoms with van der Waals surface area (Å²) < 4.78 is 15.1. The van der Waals surface area contributed by atoms with Gasteiger partial charge in [0.05, 0.1) is 39.3 Å². The summed E-state index contributed by atoms with van der Waals surface area (Å²) in [5, 5.41) is 27.5. The summed E-state index contributed by atoms with van der Waals surface area (Å²) in [6.45, 7) is -2.55. The first kappa shape index (κ1) is 32.1. The van der Waals surface area contributed by atoms with E-state index in [1.807, 2.05) is 6.07 Å². The van der Waals surface area contributed by atoms with E-state index in [0.29, 0.717) is 4.90 Å². The lowest BCUT2D eigenvalue weighted by Crippen LogP contribution is -2.49. The normalized spacial score (nSPS) is 19.7. The Hall–Kier alpha value is -4.12. The van der Waals surface area contributed by atoms with Crippen molar-refractivity contribution in [2.75, 3.05) is 39.8 Å². The maximum absolute atomic E-state index is 12.9. The van der Waals surface area contributed by atoms with Crippen LogP contribution in [0.1, 0.15) is 12.0 Å². The Morgan fingerprint density at radius 1 is 0.925 bits per heavy atom. The minimum Gasteiger partial charge on any atom is -0.468 e. The molecule has 7 N–H and O–H groups in total. The van der Waals surface area contributed by atoms with Crippen LogP contribution in [0.15, 0.2) is 30.3 Å². The Bertz CT molecular complexity index is 1050. The van der Waals surface area contributed by atoms with Gasteiger partial charge in [-0.3, -0.25) is 28.9 Å². The van der Waals surface area contributed by atoms with Crippen LogP contribution in [0.4, 0.5) is 4.79 Å². The van der Waals surface area contributed by atoms with Crippen molar-refractivity contribution in [3.8, 4) is 0 Å². The second kappa shape index (κ2) is 16.1. The number of hydrogen-bond acceptors (Lipinski definition) is 12. The van der Waals surface area contributed by atoms with Crippen molar-refractivity contribution in [2.24, 2.45) is 5.73 Å². The summed E-state index contributed by atoms with van der Waals surface area (Å²) in [5.41, 5.74) is 5.87. The summed E-state index contributed by atoms with van der Waals surface area (Å²) in [4.78, 5) is 72.7. The lowest BCUT2D eigenvalue weighted by molar-refractivity contribution is -0.155. The number of rotatable bonds is 13. The largest absolute Gasteiger partial charge is 0.468 e. The summed E-state index contributed by atoms with van der Waals surface area (Å²) in [7, 11) is 1.04. The predicted molar refractivity (Wildman–Crippen MR) is 134 cm³/mol. The van der Waals surface area contributed by atoms with Crippen molar-refractivity contribution in [3.05, 3.63) is 35.9 Å². The molecule has 0 spiro atoms. The van der Waals surface area contributed by atoms with E-state index in [9.17, 15) is 39.0 Å². The van der Waals surface area contributed by atoms with Crippen molar-refractivity contribution in [1.29, 1.82) is 0 Å². The number of hydrogen-bond donors (Lipinski definition) is 6. The zero-order valence-corrected chi connectivity index (χ0v) is 21.7. The molecule has 0 unspecified atom stereocenters. The molecule has 0 aliphatic carbocycles. The van der Waals surface area contributed by atoms with Crippen molar-refractivity contribution < 1.29 is 53.2 Å². The van der Waals surface area contributed by atoms with Crippen LogP contribution >= 0.6 is 0 Å². The van der Waals surface area contributed by atoms with Crippen molar-refractivity contribution >= 4 is 35.7 Å². The van der Waals surface area contributed by atoms with E-state index in [1.54, 1.807) is 24.3 Å². The summed E-state index contributed by atoms with van der Waals surface area (Å²) >= 11 is 0. The Morgan fingerprint density at radius 3 is 2.23 bits per heavy atom. The maximum atomic E-state index is 12.9. The molecule has 2 rings (SSSR count). The molecule has 4 atom stereocenters. The van der Waals surface area contributed by atoms with E-state index >= 15 is 0 Å². The van der Waals surface area contributed by atoms with Gasteiger partial charge >= 0.3 is 12.1 Å². The average molecular weight is 568 g/mol. The van der Waals surface area contributed by atoms with Gasteiger partial charge in [-0.25, -0.2) is 4.79 Å². The first-order valence-electron chi connectivity index (χ1n) is 12.1. The highest BCUT2D eigenvalue weighted by molar-refractivity contribution is 6.00. The topological polar surface area (TPSA) is 236 Å². The fraction of sp³-hybridized carbons (Fsp3) is 0.500. The number of nitrogens with one attached hydrogen (secondary N) is 3. The van der Waals surface area contributed by atoms with Gasteiger partial charge in [0.15, 0.2) is 0 Å². The molecule has 1 heterocycles. The van der Waals surface area contributed by atoms with Gasteiger partial charge in [0, 0.05) is 6.54 Å². The number of benzene rings is 1. The van der Waals surface area contributed by atoms with Crippen molar-refractivity contribution in [3.63, 3.8) is 0 Å². The zero-order chi connectivity index (χ0) is 29.7. The number of amides is 5. The van der Waals surface area contributed by atoms with Gasteiger partial charge in [0.1, 0.15) is 31.5 Å². The summed E-state index contributed by atoms with van der Waals surface area (Å²) in [6.07, 6.45) is -6.87. The quantitative estimate of drug-likeness (QED) is 0.127. The molecule has 5 amide bonds. The molecule has 1 saturated heterocycles. The Kier molecular flexibility index (Phi) is 12.9. The number of ether oxygens (including phenoxy) is 3. The van der Waals surface area contributed by atoms with Crippen LogP contribution in [0.5, 0.6) is 0 Å². The van der Waals surface area contributed by atoms with E-state index in [4.69, 9.17) is 15.2 Å². The minimum atomic E-state index is -1.56. The Balaban J connectivity index is 1.90. The van der Waals surface area contributed by atoms with Gasteiger partial charge in [0.2, 0.25) is 23.6 Å². The van der Waals surface area contributed by atoms with Gasteiger partial charge in [-0.1, -0.05) is 30.3 Å². The first-order valence-corrected chi connectivity index (χ1v) is 12.1. The Morgan fingerprint density at radius 2 is 1.57 bits per heavy atom. The molecular weight excluding hydrogens is 534 g/mol. The number of imide groups is 1.